The van der Waals surface area contributed by atoms with Gasteiger partial charge < -0.3 is 25.8 Å². The van der Waals surface area contributed by atoms with E-state index >= 15 is 0 Å². The van der Waals surface area contributed by atoms with Gasteiger partial charge in [-0.2, -0.15) is 9.97 Å². The van der Waals surface area contributed by atoms with Crippen molar-refractivity contribution < 1.29 is 4.79 Å². The molecule has 0 bridgehead atoms. The van der Waals surface area contributed by atoms with E-state index in [1.807, 2.05) is 17.3 Å². The molecule has 1 aliphatic heterocycles. The number of anilines is 2. The van der Waals surface area contributed by atoms with Crippen LogP contribution in [0.3, 0.4) is 0 Å². The molecule has 5 rings (SSSR count). The number of hydrogen-bond acceptors (Lipinski definition) is 7. The van der Waals surface area contributed by atoms with Gasteiger partial charge in [0.25, 0.3) is 0 Å². The number of nitrogens with zero attached hydrogens (tertiary/aromatic N) is 5. The number of aromatic nitrogens is 4. The van der Waals surface area contributed by atoms with Crippen LogP contribution in [0.2, 0.25) is 0 Å². The Morgan fingerprint density at radius 3 is 2.46 bits per heavy atom. The molecule has 0 radical (unpaired) electrons. The molecule has 2 saturated carbocycles. The average molecular weight is 481 g/mol. The van der Waals surface area contributed by atoms with Crippen LogP contribution in [0.25, 0.3) is 11.2 Å². The molecular formula is C26H40N8O. The third-order valence-corrected chi connectivity index (χ3v) is 8.00. The summed E-state index contributed by atoms with van der Waals surface area (Å²) in [4.78, 5) is 29.0. The van der Waals surface area contributed by atoms with Crippen molar-refractivity contribution in [3.05, 3.63) is 19.0 Å². The van der Waals surface area contributed by atoms with Gasteiger partial charge in [-0.3, -0.25) is 4.79 Å². The van der Waals surface area contributed by atoms with Crippen molar-refractivity contribution in [2.75, 3.05) is 23.7 Å². The lowest BCUT2D eigenvalue weighted by Gasteiger charge is -2.33. The third-order valence-electron chi connectivity index (χ3n) is 8.00. The fourth-order valence-electron chi connectivity index (χ4n) is 5.83. The molecule has 2 aromatic rings. The summed E-state index contributed by atoms with van der Waals surface area (Å²) in [5, 5.41) is 7.27. The molecule has 190 valence electrons. The first-order chi connectivity index (χ1) is 17.1. The number of carbonyl (C=O) groups excluding carboxylic acids is 1. The van der Waals surface area contributed by atoms with Crippen LogP contribution in [-0.4, -0.2) is 61.5 Å². The van der Waals surface area contributed by atoms with E-state index in [0.29, 0.717) is 30.5 Å². The molecule has 9 heteroatoms. The molecule has 3 aliphatic rings. The standard InChI is InChI=1S/C26H40N8O/c1-2-3-8-22(35)33-15-13-20(14-16-33)29-24-23-25(34(17-28-23)21-6-4-5-7-21)32-26(31-24)30-19-11-9-18(27)10-12-19/h2,17-21H,1,3-16,27H2,(H2,29,30,31,32). The van der Waals surface area contributed by atoms with E-state index in [2.05, 4.69) is 21.8 Å². The number of allylic oxidation sites excluding steroid dienone is 1. The van der Waals surface area contributed by atoms with Gasteiger partial charge in [-0.15, -0.1) is 6.58 Å². The maximum absolute atomic E-state index is 12.4. The molecular weight excluding hydrogens is 440 g/mol. The van der Waals surface area contributed by atoms with Crippen LogP contribution in [0.15, 0.2) is 19.0 Å². The SMILES string of the molecule is C=CCCC(=O)N1CCC(Nc2nc(NC3CCC(N)CC3)nc3c2ncn3C2CCCC2)CC1. The minimum Gasteiger partial charge on any atom is -0.365 e. The summed E-state index contributed by atoms with van der Waals surface area (Å²) >= 11 is 0. The summed E-state index contributed by atoms with van der Waals surface area (Å²) in [5.41, 5.74) is 7.87. The summed E-state index contributed by atoms with van der Waals surface area (Å²) in [5.74, 6) is 1.71. The second kappa shape index (κ2) is 10.9. The normalized spacial score (nSPS) is 24.1. The minimum atomic E-state index is 0.224. The monoisotopic (exact) mass is 480 g/mol. The van der Waals surface area contributed by atoms with Crippen molar-refractivity contribution >= 4 is 28.8 Å². The Morgan fingerprint density at radius 1 is 1.03 bits per heavy atom. The zero-order valence-electron chi connectivity index (χ0n) is 20.8. The van der Waals surface area contributed by atoms with Crippen molar-refractivity contribution in [2.45, 2.75) is 101 Å². The number of imidazole rings is 1. The van der Waals surface area contributed by atoms with Gasteiger partial charge in [0.1, 0.15) is 0 Å². The molecule has 3 heterocycles. The van der Waals surface area contributed by atoms with E-state index < -0.39 is 0 Å². The number of piperidine rings is 1. The lowest BCUT2D eigenvalue weighted by Crippen LogP contribution is -2.42. The zero-order valence-corrected chi connectivity index (χ0v) is 20.8. The second-order valence-electron chi connectivity index (χ2n) is 10.5. The van der Waals surface area contributed by atoms with Crippen LogP contribution in [0.1, 0.15) is 83.1 Å². The smallest absolute Gasteiger partial charge is 0.227 e. The molecule has 35 heavy (non-hydrogen) atoms. The van der Waals surface area contributed by atoms with E-state index in [9.17, 15) is 4.79 Å². The molecule has 1 saturated heterocycles. The van der Waals surface area contributed by atoms with Crippen LogP contribution in [0.4, 0.5) is 11.8 Å². The molecule has 3 fully saturated rings. The topological polar surface area (TPSA) is 114 Å². The van der Waals surface area contributed by atoms with Crippen LogP contribution >= 0.6 is 0 Å². The zero-order chi connectivity index (χ0) is 24.2. The quantitative estimate of drug-likeness (QED) is 0.490. The highest BCUT2D eigenvalue weighted by atomic mass is 16.2. The van der Waals surface area contributed by atoms with Crippen LogP contribution in [-0.2, 0) is 4.79 Å². The van der Waals surface area contributed by atoms with E-state index in [-0.39, 0.29) is 11.9 Å². The Kier molecular flexibility index (Phi) is 7.51. The van der Waals surface area contributed by atoms with Crippen LogP contribution in [0.5, 0.6) is 0 Å². The number of amides is 1. The largest absolute Gasteiger partial charge is 0.365 e. The Bertz CT molecular complexity index is 1010. The maximum Gasteiger partial charge on any atom is 0.227 e. The van der Waals surface area contributed by atoms with Gasteiger partial charge in [-0.25, -0.2) is 4.98 Å². The number of carbonyl (C=O) groups is 1. The van der Waals surface area contributed by atoms with E-state index in [0.717, 1.165) is 75.0 Å². The molecule has 0 atom stereocenters. The van der Waals surface area contributed by atoms with Gasteiger partial charge >= 0.3 is 0 Å². The Balaban J connectivity index is 1.33. The molecule has 2 aliphatic carbocycles. The van der Waals surface area contributed by atoms with Crippen molar-refractivity contribution in [1.82, 2.24) is 24.4 Å². The van der Waals surface area contributed by atoms with Crippen LogP contribution < -0.4 is 16.4 Å². The average Bonchev–Trinajstić information content (AvgIpc) is 3.54. The molecule has 4 N–H and O–H groups in total. The number of rotatable bonds is 8. The van der Waals surface area contributed by atoms with Crippen molar-refractivity contribution in [3.63, 3.8) is 0 Å². The predicted molar refractivity (Wildman–Crippen MR) is 139 cm³/mol. The minimum absolute atomic E-state index is 0.224. The lowest BCUT2D eigenvalue weighted by atomic mass is 9.92. The summed E-state index contributed by atoms with van der Waals surface area (Å²) in [6.07, 6.45) is 15.9. The van der Waals surface area contributed by atoms with Crippen molar-refractivity contribution in [2.24, 2.45) is 5.73 Å². The first kappa shape index (κ1) is 24.0. The van der Waals surface area contributed by atoms with Gasteiger partial charge in [-0.1, -0.05) is 18.9 Å². The summed E-state index contributed by atoms with van der Waals surface area (Å²) in [6, 6.07) is 1.39. The Morgan fingerprint density at radius 2 is 1.74 bits per heavy atom. The molecule has 1 amide bonds. The van der Waals surface area contributed by atoms with Gasteiger partial charge in [0.05, 0.1) is 6.33 Å². The Hall–Kier alpha value is -2.68. The lowest BCUT2D eigenvalue weighted by molar-refractivity contribution is -0.132. The number of likely N-dealkylation sites (tertiary alicyclic amines) is 1. The first-order valence-electron chi connectivity index (χ1n) is 13.5. The number of hydrogen-bond donors (Lipinski definition) is 3. The molecule has 9 nitrogen and oxygen atoms in total. The maximum atomic E-state index is 12.4. The van der Waals surface area contributed by atoms with Gasteiger partial charge in [-0.05, 0) is 57.8 Å². The number of nitrogens with one attached hydrogen (secondary N) is 2. The third kappa shape index (κ3) is 5.60. The number of fused-ring (bicyclic) bond motifs is 1. The highest BCUT2D eigenvalue weighted by Crippen LogP contribution is 2.34. The number of nitrogens with two attached hydrogens (primary N) is 1. The van der Waals surface area contributed by atoms with E-state index in [4.69, 9.17) is 20.7 Å². The summed E-state index contributed by atoms with van der Waals surface area (Å²) < 4.78 is 2.26. The summed E-state index contributed by atoms with van der Waals surface area (Å²) in [6.45, 7) is 5.26. The molecule has 0 spiro atoms. The van der Waals surface area contributed by atoms with Crippen molar-refractivity contribution in [3.8, 4) is 0 Å². The molecule has 0 unspecified atom stereocenters. The van der Waals surface area contributed by atoms with Crippen LogP contribution in [0, 0.1) is 0 Å². The predicted octanol–water partition coefficient (Wildman–Crippen LogP) is 3.99. The molecule has 0 aromatic carbocycles. The van der Waals surface area contributed by atoms with Gasteiger partial charge in [0.2, 0.25) is 11.9 Å². The Labute approximate surface area is 208 Å². The van der Waals surface area contributed by atoms with Gasteiger partial charge in [0, 0.05) is 43.7 Å². The second-order valence-corrected chi connectivity index (χ2v) is 10.5. The van der Waals surface area contributed by atoms with E-state index in [1.165, 1.54) is 25.7 Å². The fourth-order valence-corrected chi connectivity index (χ4v) is 5.83. The van der Waals surface area contributed by atoms with Gasteiger partial charge in [0.15, 0.2) is 17.0 Å². The van der Waals surface area contributed by atoms with E-state index in [1.54, 1.807) is 0 Å². The fraction of sp³-hybridized carbons (Fsp3) is 0.692. The first-order valence-corrected chi connectivity index (χ1v) is 13.5. The van der Waals surface area contributed by atoms with Crippen molar-refractivity contribution in [1.29, 1.82) is 0 Å². The molecule has 2 aromatic heterocycles. The summed E-state index contributed by atoms with van der Waals surface area (Å²) in [7, 11) is 0. The highest BCUT2D eigenvalue weighted by Gasteiger charge is 2.26. The highest BCUT2D eigenvalue weighted by molar-refractivity contribution is 5.84.